The topological polar surface area (TPSA) is 87.7 Å². The molecule has 1 saturated heterocycles. The summed E-state index contributed by atoms with van der Waals surface area (Å²) in [5.74, 6) is 0.549. The molecule has 0 saturated carbocycles. The fourth-order valence-corrected chi connectivity index (χ4v) is 5.29. The molecule has 34 heavy (non-hydrogen) atoms. The van der Waals surface area contributed by atoms with Gasteiger partial charge in [0.05, 0.1) is 18.0 Å². The number of methoxy groups -OCH3 is 1. The predicted molar refractivity (Wildman–Crippen MR) is 133 cm³/mol. The van der Waals surface area contributed by atoms with Crippen molar-refractivity contribution in [1.29, 1.82) is 0 Å². The third kappa shape index (κ3) is 5.58. The van der Waals surface area contributed by atoms with Gasteiger partial charge in [0.15, 0.2) is 0 Å². The first-order valence-corrected chi connectivity index (χ1v) is 12.8. The largest absolute Gasteiger partial charge is 0.496 e. The van der Waals surface area contributed by atoms with Crippen molar-refractivity contribution in [2.45, 2.75) is 23.8 Å². The maximum Gasteiger partial charge on any atom is 0.261 e. The standard InChI is InChI=1S/C26H29N3O4S/c1-33-25-12-6-5-11-23(25)24(29-17-7-8-18-29)19-27-26(30)20-13-15-22(16-14-20)34(31,32)28-21-9-3-2-4-10-21/h2-6,9-16,24,28H,7-8,17-19H2,1H3,(H,27,30)/t24-/m0/s1. The van der Waals surface area contributed by atoms with Gasteiger partial charge in [-0.05, 0) is 68.4 Å². The molecule has 0 unspecified atom stereocenters. The maximum absolute atomic E-state index is 12.9. The van der Waals surface area contributed by atoms with Crippen molar-refractivity contribution in [2.75, 3.05) is 31.5 Å². The zero-order valence-electron chi connectivity index (χ0n) is 19.1. The average molecular weight is 480 g/mol. The Labute approximate surface area is 200 Å². The lowest BCUT2D eigenvalue weighted by Crippen LogP contribution is -2.37. The number of likely N-dealkylation sites (tertiary alicyclic amines) is 1. The Bertz CT molecular complexity index is 1210. The molecular weight excluding hydrogens is 450 g/mol. The second kappa shape index (κ2) is 10.7. The van der Waals surface area contributed by atoms with Crippen LogP contribution in [0.3, 0.4) is 0 Å². The zero-order valence-corrected chi connectivity index (χ0v) is 19.9. The lowest BCUT2D eigenvalue weighted by molar-refractivity contribution is 0.0937. The summed E-state index contributed by atoms with van der Waals surface area (Å²) < 4.78 is 33.4. The van der Waals surface area contributed by atoms with Crippen molar-refractivity contribution in [3.63, 3.8) is 0 Å². The third-order valence-electron chi connectivity index (χ3n) is 5.99. The van der Waals surface area contributed by atoms with Crippen molar-refractivity contribution >= 4 is 21.6 Å². The number of rotatable bonds is 9. The molecule has 0 radical (unpaired) electrons. The zero-order chi connectivity index (χ0) is 24.0. The minimum atomic E-state index is -3.74. The van der Waals surface area contributed by atoms with Gasteiger partial charge < -0.3 is 10.1 Å². The van der Waals surface area contributed by atoms with Crippen molar-refractivity contribution in [2.24, 2.45) is 0 Å². The van der Waals surface area contributed by atoms with Gasteiger partial charge in [0.1, 0.15) is 5.75 Å². The fourth-order valence-electron chi connectivity index (χ4n) is 4.23. The summed E-state index contributed by atoms with van der Waals surface area (Å²) in [5, 5.41) is 3.02. The van der Waals surface area contributed by atoms with Gasteiger partial charge in [0.2, 0.25) is 0 Å². The predicted octanol–water partition coefficient (Wildman–Crippen LogP) is 4.06. The number of carbonyl (C=O) groups excluding carboxylic acids is 1. The number of carbonyl (C=O) groups is 1. The van der Waals surface area contributed by atoms with Crippen LogP contribution in [0.2, 0.25) is 0 Å². The molecule has 1 amide bonds. The van der Waals surface area contributed by atoms with E-state index in [0.29, 0.717) is 17.8 Å². The van der Waals surface area contributed by atoms with E-state index in [1.807, 2.05) is 30.3 Å². The molecule has 0 bridgehead atoms. The molecule has 7 nitrogen and oxygen atoms in total. The summed E-state index contributed by atoms with van der Waals surface area (Å²) in [6.45, 7) is 2.37. The van der Waals surface area contributed by atoms with Gasteiger partial charge in [0.25, 0.3) is 15.9 Å². The minimum absolute atomic E-state index is 0.00248. The summed E-state index contributed by atoms with van der Waals surface area (Å²) in [6.07, 6.45) is 2.26. The molecule has 178 valence electrons. The fraction of sp³-hybridized carbons (Fsp3) is 0.269. The molecule has 1 fully saturated rings. The van der Waals surface area contributed by atoms with Gasteiger partial charge in [-0.1, -0.05) is 36.4 Å². The second-order valence-corrected chi connectivity index (χ2v) is 9.89. The Morgan fingerprint density at radius 1 is 0.941 bits per heavy atom. The van der Waals surface area contributed by atoms with E-state index < -0.39 is 10.0 Å². The number of benzene rings is 3. The molecule has 4 rings (SSSR count). The molecule has 8 heteroatoms. The number of ether oxygens (including phenoxy) is 1. The smallest absolute Gasteiger partial charge is 0.261 e. The van der Waals surface area contributed by atoms with Crippen molar-refractivity contribution in [1.82, 2.24) is 10.2 Å². The lowest BCUT2D eigenvalue weighted by Gasteiger charge is -2.29. The summed E-state index contributed by atoms with van der Waals surface area (Å²) in [7, 11) is -2.09. The molecule has 1 atom stereocenters. The molecule has 3 aromatic rings. The van der Waals surface area contributed by atoms with Crippen molar-refractivity contribution in [3.05, 3.63) is 90.0 Å². The molecule has 2 N–H and O–H groups in total. The Kier molecular flexibility index (Phi) is 7.49. The maximum atomic E-state index is 12.9. The quantitative estimate of drug-likeness (QED) is 0.483. The first-order valence-electron chi connectivity index (χ1n) is 11.3. The van der Waals surface area contributed by atoms with E-state index in [9.17, 15) is 13.2 Å². The summed E-state index contributed by atoms with van der Waals surface area (Å²) >= 11 is 0. The number of nitrogens with one attached hydrogen (secondary N) is 2. The van der Waals surface area contributed by atoms with Crippen LogP contribution in [0.25, 0.3) is 0 Å². The van der Waals surface area contributed by atoms with E-state index >= 15 is 0 Å². The van der Waals surface area contributed by atoms with Crippen LogP contribution < -0.4 is 14.8 Å². The van der Waals surface area contributed by atoms with Gasteiger partial charge >= 0.3 is 0 Å². The van der Waals surface area contributed by atoms with Crippen LogP contribution in [0.5, 0.6) is 5.75 Å². The van der Waals surface area contributed by atoms with E-state index in [2.05, 4.69) is 14.9 Å². The number of sulfonamides is 1. The number of para-hydroxylation sites is 2. The molecule has 0 spiro atoms. The van der Waals surface area contributed by atoms with Gasteiger partial charge in [-0.3, -0.25) is 14.4 Å². The highest BCUT2D eigenvalue weighted by Crippen LogP contribution is 2.31. The normalized spacial score (nSPS) is 15.0. The molecule has 1 heterocycles. The first kappa shape index (κ1) is 23.8. The highest BCUT2D eigenvalue weighted by Gasteiger charge is 2.26. The Morgan fingerprint density at radius 3 is 2.26 bits per heavy atom. The Balaban J connectivity index is 1.45. The molecule has 0 aromatic heterocycles. The summed E-state index contributed by atoms with van der Waals surface area (Å²) in [5.41, 5.74) is 1.92. The Hall–Kier alpha value is -3.36. The summed E-state index contributed by atoms with van der Waals surface area (Å²) in [6, 6.07) is 22.5. The first-order chi connectivity index (χ1) is 16.5. The number of hydrogen-bond donors (Lipinski definition) is 2. The van der Waals surface area contributed by atoms with Gasteiger partial charge in [-0.2, -0.15) is 0 Å². The van der Waals surface area contributed by atoms with Gasteiger partial charge in [-0.25, -0.2) is 8.42 Å². The van der Waals surface area contributed by atoms with Crippen molar-refractivity contribution < 1.29 is 17.9 Å². The van der Waals surface area contributed by atoms with E-state index in [1.165, 1.54) is 24.3 Å². The van der Waals surface area contributed by atoms with Crippen molar-refractivity contribution in [3.8, 4) is 5.75 Å². The van der Waals surface area contributed by atoms with Crippen LogP contribution >= 0.6 is 0 Å². The molecule has 0 aliphatic carbocycles. The number of nitrogens with zero attached hydrogens (tertiary/aromatic N) is 1. The van der Waals surface area contributed by atoms with E-state index in [4.69, 9.17) is 4.74 Å². The summed E-state index contributed by atoms with van der Waals surface area (Å²) in [4.78, 5) is 15.3. The number of hydrogen-bond acceptors (Lipinski definition) is 5. The monoisotopic (exact) mass is 479 g/mol. The lowest BCUT2D eigenvalue weighted by atomic mass is 10.0. The minimum Gasteiger partial charge on any atom is -0.496 e. The Morgan fingerprint density at radius 2 is 1.59 bits per heavy atom. The highest BCUT2D eigenvalue weighted by molar-refractivity contribution is 7.92. The third-order valence-corrected chi connectivity index (χ3v) is 7.39. The van der Waals surface area contributed by atoms with E-state index in [1.54, 1.807) is 31.4 Å². The number of anilines is 1. The van der Waals surface area contributed by atoms with Gasteiger partial charge in [-0.15, -0.1) is 0 Å². The molecule has 1 aliphatic rings. The molecular formula is C26H29N3O4S. The van der Waals surface area contributed by atoms with E-state index in [0.717, 1.165) is 37.2 Å². The van der Waals surface area contributed by atoms with Gasteiger partial charge in [0, 0.05) is 23.4 Å². The number of amides is 1. The average Bonchev–Trinajstić information content (AvgIpc) is 3.39. The van der Waals surface area contributed by atoms with Crippen LogP contribution in [0.1, 0.15) is 34.8 Å². The second-order valence-electron chi connectivity index (χ2n) is 8.21. The molecule has 3 aromatic carbocycles. The SMILES string of the molecule is COc1ccccc1[C@H](CNC(=O)c1ccc(S(=O)(=O)Nc2ccccc2)cc1)N1CCCC1. The van der Waals surface area contributed by atoms with Crippen LogP contribution in [-0.4, -0.2) is 46.0 Å². The van der Waals surface area contributed by atoms with Crippen LogP contribution in [0.15, 0.2) is 83.8 Å². The molecule has 1 aliphatic heterocycles. The van der Waals surface area contributed by atoms with Crippen LogP contribution in [0.4, 0.5) is 5.69 Å². The van der Waals surface area contributed by atoms with Crippen LogP contribution in [0, 0.1) is 0 Å². The highest BCUT2D eigenvalue weighted by atomic mass is 32.2. The van der Waals surface area contributed by atoms with E-state index in [-0.39, 0.29) is 16.8 Å². The van der Waals surface area contributed by atoms with Crippen LogP contribution in [-0.2, 0) is 10.0 Å².